The van der Waals surface area contributed by atoms with Crippen LogP contribution >= 0.6 is 0 Å². The highest BCUT2D eigenvalue weighted by molar-refractivity contribution is 5.81. The van der Waals surface area contributed by atoms with Gasteiger partial charge in [-0.3, -0.25) is 4.79 Å². The van der Waals surface area contributed by atoms with E-state index >= 15 is 0 Å². The topological polar surface area (TPSA) is 67.4 Å². The number of alkyl carbamates (subject to hydrolysis) is 1. The summed E-state index contributed by atoms with van der Waals surface area (Å²) in [5.41, 5.74) is 0. The number of rotatable bonds is 3. The van der Waals surface area contributed by atoms with E-state index in [1.807, 2.05) is 6.92 Å². The predicted molar refractivity (Wildman–Crippen MR) is 55.7 cm³/mol. The lowest BCUT2D eigenvalue weighted by molar-refractivity contribution is -0.120. The lowest BCUT2D eigenvalue weighted by Gasteiger charge is -2.28. The zero-order chi connectivity index (χ0) is 11.3. The van der Waals surface area contributed by atoms with Crippen molar-refractivity contribution in [3.8, 4) is 0 Å². The number of ether oxygens (including phenoxy) is 1. The van der Waals surface area contributed by atoms with Crippen LogP contribution in [0.15, 0.2) is 0 Å². The summed E-state index contributed by atoms with van der Waals surface area (Å²) < 4.78 is 5.17. The predicted octanol–water partition coefficient (Wildman–Crippen LogP) is 0.442. The quantitative estimate of drug-likeness (QED) is 0.715. The molecule has 1 fully saturated rings. The Bertz CT molecular complexity index is 243. The summed E-state index contributed by atoms with van der Waals surface area (Å²) in [4.78, 5) is 22.3. The van der Waals surface area contributed by atoms with Crippen molar-refractivity contribution in [2.75, 3.05) is 13.1 Å². The first-order valence-corrected chi connectivity index (χ1v) is 5.31. The third kappa shape index (κ3) is 3.87. The highest BCUT2D eigenvalue weighted by atomic mass is 16.6. The monoisotopic (exact) mass is 214 g/mol. The van der Waals surface area contributed by atoms with Gasteiger partial charge in [0.05, 0.1) is 6.04 Å². The van der Waals surface area contributed by atoms with E-state index in [-0.39, 0.29) is 17.9 Å². The second kappa shape index (κ2) is 5.70. The summed E-state index contributed by atoms with van der Waals surface area (Å²) >= 11 is 0. The molecule has 0 radical (unpaired) electrons. The van der Waals surface area contributed by atoms with Gasteiger partial charge in [0.15, 0.2) is 0 Å². The fourth-order valence-electron chi connectivity index (χ4n) is 1.64. The molecule has 1 heterocycles. The van der Waals surface area contributed by atoms with Gasteiger partial charge in [-0.05, 0) is 26.8 Å². The summed E-state index contributed by atoms with van der Waals surface area (Å²) in [7, 11) is 0. The van der Waals surface area contributed by atoms with Crippen molar-refractivity contribution in [3.05, 3.63) is 0 Å². The number of carbonyl (C=O) groups excluding carboxylic acids is 2. The van der Waals surface area contributed by atoms with Crippen LogP contribution in [0.5, 0.6) is 0 Å². The van der Waals surface area contributed by atoms with Crippen LogP contribution in [0.3, 0.4) is 0 Å². The summed E-state index contributed by atoms with van der Waals surface area (Å²) in [6.07, 6.45) is 0.798. The smallest absolute Gasteiger partial charge is 0.407 e. The maximum atomic E-state index is 11.1. The van der Waals surface area contributed by atoms with Crippen LogP contribution in [0.25, 0.3) is 0 Å². The van der Waals surface area contributed by atoms with Crippen molar-refractivity contribution in [2.24, 2.45) is 0 Å². The van der Waals surface area contributed by atoms with Crippen LogP contribution in [0.2, 0.25) is 0 Å². The minimum atomic E-state index is -0.397. The number of ketones is 1. The van der Waals surface area contributed by atoms with Gasteiger partial charge in [0.2, 0.25) is 0 Å². The van der Waals surface area contributed by atoms with Crippen molar-refractivity contribution in [3.63, 3.8) is 0 Å². The molecular formula is C10H18N2O3. The SMILES string of the molecule is CCNC(=O)OC1CCNC(C(C)=O)C1. The Morgan fingerprint density at radius 1 is 1.53 bits per heavy atom. The van der Waals surface area contributed by atoms with Crippen LogP contribution < -0.4 is 10.6 Å². The van der Waals surface area contributed by atoms with Gasteiger partial charge in [-0.1, -0.05) is 0 Å². The molecule has 2 N–H and O–H groups in total. The van der Waals surface area contributed by atoms with Gasteiger partial charge < -0.3 is 15.4 Å². The molecule has 1 amide bonds. The third-order valence-corrected chi connectivity index (χ3v) is 2.44. The molecule has 0 aromatic heterocycles. The van der Waals surface area contributed by atoms with E-state index in [9.17, 15) is 9.59 Å². The first kappa shape index (κ1) is 12.0. The van der Waals surface area contributed by atoms with Crippen LogP contribution in [0, 0.1) is 0 Å². The van der Waals surface area contributed by atoms with Gasteiger partial charge in [-0.15, -0.1) is 0 Å². The molecule has 0 spiro atoms. The fourth-order valence-corrected chi connectivity index (χ4v) is 1.64. The van der Waals surface area contributed by atoms with Crippen LogP contribution in [0.1, 0.15) is 26.7 Å². The highest BCUT2D eigenvalue weighted by Crippen LogP contribution is 2.13. The third-order valence-electron chi connectivity index (χ3n) is 2.44. The molecule has 86 valence electrons. The normalized spacial score (nSPS) is 25.7. The van der Waals surface area contributed by atoms with Gasteiger partial charge in [-0.2, -0.15) is 0 Å². The molecule has 2 atom stereocenters. The Kier molecular flexibility index (Phi) is 4.55. The zero-order valence-corrected chi connectivity index (χ0v) is 9.21. The number of hydrogen-bond acceptors (Lipinski definition) is 4. The van der Waals surface area contributed by atoms with E-state index in [1.54, 1.807) is 6.92 Å². The molecule has 0 saturated carbocycles. The Hall–Kier alpha value is -1.10. The van der Waals surface area contributed by atoms with E-state index in [2.05, 4.69) is 10.6 Å². The van der Waals surface area contributed by atoms with Crippen LogP contribution in [0.4, 0.5) is 4.79 Å². The number of Topliss-reactive ketones (excluding diaryl/α,β-unsaturated/α-hetero) is 1. The molecule has 1 aliphatic rings. The molecule has 15 heavy (non-hydrogen) atoms. The molecule has 0 aromatic carbocycles. The van der Waals surface area contributed by atoms with E-state index in [4.69, 9.17) is 4.74 Å². The van der Waals surface area contributed by atoms with E-state index in [1.165, 1.54) is 0 Å². The maximum Gasteiger partial charge on any atom is 0.407 e. The van der Waals surface area contributed by atoms with Gasteiger partial charge in [0.25, 0.3) is 0 Å². The standard InChI is InChI=1S/C10H18N2O3/c1-3-11-10(14)15-8-4-5-12-9(6-8)7(2)13/h8-9,12H,3-6H2,1-2H3,(H,11,14). The minimum absolute atomic E-state index is 0.0965. The molecule has 1 rings (SSSR count). The number of piperidine rings is 1. The Morgan fingerprint density at radius 3 is 2.87 bits per heavy atom. The van der Waals surface area contributed by atoms with Gasteiger partial charge in [0, 0.05) is 13.0 Å². The second-order valence-corrected chi connectivity index (χ2v) is 3.70. The first-order chi connectivity index (χ1) is 7.13. The molecule has 0 aliphatic carbocycles. The van der Waals surface area contributed by atoms with Crippen molar-refractivity contribution in [1.82, 2.24) is 10.6 Å². The van der Waals surface area contributed by atoms with Gasteiger partial charge in [-0.25, -0.2) is 4.79 Å². The van der Waals surface area contributed by atoms with E-state index in [0.29, 0.717) is 19.5 Å². The average Bonchev–Trinajstić information content (AvgIpc) is 2.18. The molecular weight excluding hydrogens is 196 g/mol. The van der Waals surface area contributed by atoms with Crippen molar-refractivity contribution in [2.45, 2.75) is 38.8 Å². The van der Waals surface area contributed by atoms with Gasteiger partial charge >= 0.3 is 6.09 Å². The molecule has 1 saturated heterocycles. The lowest BCUT2D eigenvalue weighted by atomic mass is 9.99. The van der Waals surface area contributed by atoms with E-state index < -0.39 is 6.09 Å². The van der Waals surface area contributed by atoms with E-state index in [0.717, 1.165) is 6.42 Å². The van der Waals surface area contributed by atoms with Crippen LogP contribution in [-0.2, 0) is 9.53 Å². The zero-order valence-electron chi connectivity index (χ0n) is 9.21. The van der Waals surface area contributed by atoms with Crippen LogP contribution in [-0.4, -0.2) is 37.1 Å². The Morgan fingerprint density at radius 2 is 2.27 bits per heavy atom. The second-order valence-electron chi connectivity index (χ2n) is 3.70. The molecule has 0 bridgehead atoms. The summed E-state index contributed by atoms with van der Waals surface area (Å²) in [6.45, 7) is 4.66. The number of hydrogen-bond donors (Lipinski definition) is 2. The first-order valence-electron chi connectivity index (χ1n) is 5.31. The molecule has 1 aliphatic heterocycles. The minimum Gasteiger partial charge on any atom is -0.446 e. The number of carbonyl (C=O) groups is 2. The van der Waals surface area contributed by atoms with Gasteiger partial charge in [0.1, 0.15) is 11.9 Å². The fraction of sp³-hybridized carbons (Fsp3) is 0.800. The van der Waals surface area contributed by atoms with Crippen molar-refractivity contribution < 1.29 is 14.3 Å². The van der Waals surface area contributed by atoms with Crippen molar-refractivity contribution in [1.29, 1.82) is 0 Å². The summed E-state index contributed by atoms with van der Waals surface area (Å²) in [6, 6.07) is -0.168. The largest absolute Gasteiger partial charge is 0.446 e. The molecule has 2 unspecified atom stereocenters. The summed E-state index contributed by atoms with van der Waals surface area (Å²) in [5, 5.41) is 5.66. The maximum absolute atomic E-state index is 11.1. The lowest BCUT2D eigenvalue weighted by Crippen LogP contribution is -2.46. The molecule has 5 nitrogen and oxygen atoms in total. The number of nitrogens with one attached hydrogen (secondary N) is 2. The molecule has 0 aromatic rings. The van der Waals surface area contributed by atoms with Crippen molar-refractivity contribution >= 4 is 11.9 Å². The number of amides is 1. The molecule has 5 heteroatoms. The Labute approximate surface area is 89.6 Å². The summed E-state index contributed by atoms with van der Waals surface area (Å²) in [5.74, 6) is 0.0965. The highest BCUT2D eigenvalue weighted by Gasteiger charge is 2.26. The average molecular weight is 214 g/mol. The Balaban J connectivity index is 2.36.